The molecule has 3 aliphatic heterocycles. The molecule has 3 atom stereocenters. The number of rotatable bonds is 4. The minimum Gasteiger partial charge on any atom is -0.374 e. The van der Waals surface area contributed by atoms with Crippen LogP contribution in [0, 0.1) is 0 Å². The smallest absolute Gasteiger partial charge is 0.0829 e. The topological polar surface area (TPSA) is 27.7 Å². The number of hydrogen-bond acceptors (Lipinski definition) is 4. The van der Waals surface area contributed by atoms with Crippen molar-refractivity contribution >= 4 is 0 Å². The predicted octanol–water partition coefficient (Wildman–Crippen LogP) is 1.70. The second-order valence-electron chi connectivity index (χ2n) is 7.34. The van der Waals surface area contributed by atoms with E-state index in [1.54, 1.807) is 0 Å². The zero-order valence-electron chi connectivity index (χ0n) is 13.9. The third kappa shape index (κ3) is 3.98. The lowest BCUT2D eigenvalue weighted by molar-refractivity contribution is -0.0619. The van der Waals surface area contributed by atoms with Gasteiger partial charge >= 0.3 is 0 Å². The molecule has 4 heteroatoms. The summed E-state index contributed by atoms with van der Waals surface area (Å²) in [4.78, 5) is 5.31. The highest BCUT2D eigenvalue weighted by atomic mass is 16.5. The van der Waals surface area contributed by atoms with Crippen LogP contribution in [0.4, 0.5) is 0 Å². The molecular formula is C17H33N3O. The van der Waals surface area contributed by atoms with Crippen molar-refractivity contribution in [2.24, 2.45) is 0 Å². The average molecular weight is 295 g/mol. The number of hydrogen-bond donors (Lipinski definition) is 1. The van der Waals surface area contributed by atoms with E-state index < -0.39 is 0 Å². The van der Waals surface area contributed by atoms with Crippen molar-refractivity contribution in [2.75, 3.05) is 39.3 Å². The largest absolute Gasteiger partial charge is 0.374 e. The monoisotopic (exact) mass is 295 g/mol. The Hall–Kier alpha value is -0.160. The summed E-state index contributed by atoms with van der Waals surface area (Å²) in [5, 5.41) is 3.73. The third-order valence-electron chi connectivity index (χ3n) is 5.57. The molecule has 21 heavy (non-hydrogen) atoms. The molecule has 3 unspecified atom stereocenters. The summed E-state index contributed by atoms with van der Waals surface area (Å²) in [7, 11) is 0. The standard InChI is InChI=1S/C17H33N3O/c1-14(2)19-10-11-21-15(12-19)13-20-9-4-3-7-17(20)16-6-5-8-18-16/h14-18H,3-13H2,1-2H3. The van der Waals surface area contributed by atoms with Crippen molar-refractivity contribution in [3.63, 3.8) is 0 Å². The van der Waals surface area contributed by atoms with Crippen LogP contribution in [0.2, 0.25) is 0 Å². The summed E-state index contributed by atoms with van der Waals surface area (Å²) >= 11 is 0. The Morgan fingerprint density at radius 3 is 2.81 bits per heavy atom. The van der Waals surface area contributed by atoms with Crippen molar-refractivity contribution in [3.8, 4) is 0 Å². The highest BCUT2D eigenvalue weighted by Gasteiger charge is 2.34. The van der Waals surface area contributed by atoms with Crippen molar-refractivity contribution in [3.05, 3.63) is 0 Å². The van der Waals surface area contributed by atoms with E-state index in [2.05, 4.69) is 29.0 Å². The minimum absolute atomic E-state index is 0.406. The van der Waals surface area contributed by atoms with Crippen LogP contribution in [0.5, 0.6) is 0 Å². The molecule has 3 fully saturated rings. The van der Waals surface area contributed by atoms with Gasteiger partial charge < -0.3 is 10.1 Å². The number of ether oxygens (including phenoxy) is 1. The van der Waals surface area contributed by atoms with E-state index in [9.17, 15) is 0 Å². The van der Waals surface area contributed by atoms with Gasteiger partial charge in [-0.05, 0) is 52.6 Å². The summed E-state index contributed by atoms with van der Waals surface area (Å²) in [6.07, 6.45) is 7.27. The zero-order valence-corrected chi connectivity index (χ0v) is 13.9. The van der Waals surface area contributed by atoms with Gasteiger partial charge in [0, 0.05) is 37.8 Å². The quantitative estimate of drug-likeness (QED) is 0.854. The van der Waals surface area contributed by atoms with Crippen molar-refractivity contribution < 1.29 is 4.74 Å². The molecule has 3 saturated heterocycles. The molecule has 4 nitrogen and oxygen atoms in total. The van der Waals surface area contributed by atoms with Crippen LogP contribution >= 0.6 is 0 Å². The van der Waals surface area contributed by atoms with Gasteiger partial charge in [0.15, 0.2) is 0 Å². The Bertz CT molecular complexity index is 317. The number of piperidine rings is 1. The first-order valence-corrected chi connectivity index (χ1v) is 9.07. The molecule has 3 heterocycles. The van der Waals surface area contributed by atoms with E-state index in [4.69, 9.17) is 4.74 Å². The van der Waals surface area contributed by atoms with Crippen LogP contribution in [-0.2, 0) is 4.74 Å². The second kappa shape index (κ2) is 7.40. The van der Waals surface area contributed by atoms with E-state index in [1.807, 2.05) is 0 Å². The van der Waals surface area contributed by atoms with Crippen molar-refractivity contribution in [1.82, 2.24) is 15.1 Å². The van der Waals surface area contributed by atoms with E-state index >= 15 is 0 Å². The van der Waals surface area contributed by atoms with E-state index in [0.29, 0.717) is 12.1 Å². The van der Waals surface area contributed by atoms with Gasteiger partial charge in [-0.1, -0.05) is 6.42 Å². The molecule has 0 bridgehead atoms. The lowest BCUT2D eigenvalue weighted by Gasteiger charge is -2.43. The Kier molecular flexibility index (Phi) is 5.54. The fourth-order valence-electron chi connectivity index (χ4n) is 4.32. The molecule has 0 amide bonds. The van der Waals surface area contributed by atoms with Crippen LogP contribution in [-0.4, -0.2) is 73.4 Å². The Morgan fingerprint density at radius 1 is 1.14 bits per heavy atom. The predicted molar refractivity (Wildman–Crippen MR) is 86.7 cm³/mol. The summed E-state index contributed by atoms with van der Waals surface area (Å²) in [5.74, 6) is 0. The molecule has 0 aromatic heterocycles. The molecule has 0 aliphatic carbocycles. The Labute approximate surface area is 130 Å². The van der Waals surface area contributed by atoms with Gasteiger partial charge in [-0.25, -0.2) is 0 Å². The summed E-state index contributed by atoms with van der Waals surface area (Å²) in [5.41, 5.74) is 0. The molecular weight excluding hydrogens is 262 g/mol. The van der Waals surface area contributed by atoms with Crippen LogP contribution in [0.15, 0.2) is 0 Å². The molecule has 0 aromatic rings. The molecule has 0 aromatic carbocycles. The number of nitrogens with one attached hydrogen (secondary N) is 1. The molecule has 0 radical (unpaired) electrons. The Balaban J connectivity index is 1.56. The molecule has 0 saturated carbocycles. The molecule has 3 aliphatic rings. The highest BCUT2D eigenvalue weighted by Crippen LogP contribution is 2.25. The second-order valence-corrected chi connectivity index (χ2v) is 7.34. The van der Waals surface area contributed by atoms with Crippen LogP contribution in [0.25, 0.3) is 0 Å². The number of nitrogens with zero attached hydrogens (tertiary/aromatic N) is 2. The van der Waals surface area contributed by atoms with E-state index in [-0.39, 0.29) is 0 Å². The lowest BCUT2D eigenvalue weighted by atomic mass is 9.94. The van der Waals surface area contributed by atoms with Crippen LogP contribution in [0.1, 0.15) is 46.0 Å². The van der Waals surface area contributed by atoms with Gasteiger partial charge in [0.2, 0.25) is 0 Å². The molecule has 1 N–H and O–H groups in total. The first-order chi connectivity index (χ1) is 10.2. The van der Waals surface area contributed by atoms with Crippen LogP contribution in [0.3, 0.4) is 0 Å². The summed E-state index contributed by atoms with van der Waals surface area (Å²) in [6, 6.07) is 2.12. The highest BCUT2D eigenvalue weighted by molar-refractivity contribution is 4.92. The summed E-state index contributed by atoms with van der Waals surface area (Å²) < 4.78 is 6.07. The number of likely N-dealkylation sites (tertiary alicyclic amines) is 1. The molecule has 122 valence electrons. The van der Waals surface area contributed by atoms with Gasteiger partial charge in [-0.3, -0.25) is 9.80 Å². The van der Waals surface area contributed by atoms with Gasteiger partial charge in [-0.15, -0.1) is 0 Å². The maximum absolute atomic E-state index is 6.07. The maximum atomic E-state index is 6.07. The van der Waals surface area contributed by atoms with Gasteiger partial charge in [0.05, 0.1) is 12.7 Å². The fraction of sp³-hybridized carbons (Fsp3) is 1.00. The Morgan fingerprint density at radius 2 is 2.05 bits per heavy atom. The maximum Gasteiger partial charge on any atom is 0.0829 e. The normalized spacial score (nSPS) is 36.4. The van der Waals surface area contributed by atoms with Gasteiger partial charge in [0.25, 0.3) is 0 Å². The minimum atomic E-state index is 0.406. The van der Waals surface area contributed by atoms with Gasteiger partial charge in [-0.2, -0.15) is 0 Å². The van der Waals surface area contributed by atoms with Crippen molar-refractivity contribution in [2.45, 2.75) is 70.2 Å². The number of morpholine rings is 1. The lowest BCUT2D eigenvalue weighted by Crippen LogP contribution is -2.55. The fourth-order valence-corrected chi connectivity index (χ4v) is 4.32. The van der Waals surface area contributed by atoms with Crippen molar-refractivity contribution in [1.29, 1.82) is 0 Å². The molecule has 3 rings (SSSR count). The van der Waals surface area contributed by atoms with E-state index in [0.717, 1.165) is 38.3 Å². The third-order valence-corrected chi connectivity index (χ3v) is 5.57. The SMILES string of the molecule is CC(C)N1CCOC(CN2CCCCC2C2CCCN2)C1. The van der Waals surface area contributed by atoms with E-state index in [1.165, 1.54) is 45.2 Å². The van der Waals surface area contributed by atoms with Gasteiger partial charge in [0.1, 0.15) is 0 Å². The first kappa shape index (κ1) is 15.7. The zero-order chi connectivity index (χ0) is 14.7. The molecule has 0 spiro atoms. The average Bonchev–Trinajstić information content (AvgIpc) is 3.02. The summed E-state index contributed by atoms with van der Waals surface area (Å²) in [6.45, 7) is 11.3. The van der Waals surface area contributed by atoms with Crippen LogP contribution < -0.4 is 5.32 Å². The first-order valence-electron chi connectivity index (χ1n) is 9.07.